The molecule has 0 bridgehead atoms. The Morgan fingerprint density at radius 3 is 2.14 bits per heavy atom. The number of benzene rings is 2. The maximum atomic E-state index is 13.2. The topological polar surface area (TPSA) is 85.3 Å². The van der Waals surface area contributed by atoms with Gasteiger partial charge in [0.15, 0.2) is 5.76 Å². The molecule has 2 heterocycles. The second-order valence-corrected chi connectivity index (χ2v) is 8.30. The van der Waals surface area contributed by atoms with E-state index in [4.69, 9.17) is 8.83 Å². The molecule has 6 nitrogen and oxygen atoms in total. The van der Waals surface area contributed by atoms with Crippen LogP contribution in [-0.2, 0) is 9.84 Å². The van der Waals surface area contributed by atoms with Crippen molar-refractivity contribution in [1.82, 2.24) is 4.98 Å². The molecule has 0 amide bonds. The van der Waals surface area contributed by atoms with E-state index >= 15 is 0 Å². The number of sulfone groups is 1. The lowest BCUT2D eigenvalue weighted by Crippen LogP contribution is -2.05. The average molecular weight is 394 g/mol. The lowest BCUT2D eigenvalue weighted by Gasteiger charge is -2.06. The highest BCUT2D eigenvalue weighted by atomic mass is 32.2. The first-order chi connectivity index (χ1) is 13.4. The highest BCUT2D eigenvalue weighted by molar-refractivity contribution is 7.91. The van der Waals surface area contributed by atoms with E-state index < -0.39 is 9.84 Å². The zero-order chi connectivity index (χ0) is 19.7. The molecule has 0 saturated carbocycles. The summed E-state index contributed by atoms with van der Waals surface area (Å²) in [7, 11) is -3.89. The summed E-state index contributed by atoms with van der Waals surface area (Å²) in [6.07, 6.45) is 1.47. The number of oxazole rings is 1. The Morgan fingerprint density at radius 2 is 1.54 bits per heavy atom. The largest absolute Gasteiger partial charge is 0.459 e. The van der Waals surface area contributed by atoms with E-state index in [9.17, 15) is 8.42 Å². The molecule has 1 N–H and O–H groups in total. The SMILES string of the molecule is Cc1ccc(Nc2oc(-c3ccco3)nc2S(=O)(=O)c2ccc(C)cc2)cc1. The molecule has 0 aliphatic rings. The third kappa shape index (κ3) is 3.44. The highest BCUT2D eigenvalue weighted by Crippen LogP contribution is 2.34. The minimum Gasteiger partial charge on any atom is -0.459 e. The minimum absolute atomic E-state index is 0.0378. The molecule has 142 valence electrons. The maximum absolute atomic E-state index is 13.2. The van der Waals surface area contributed by atoms with E-state index in [0.29, 0.717) is 11.4 Å². The van der Waals surface area contributed by atoms with Crippen LogP contribution in [0.25, 0.3) is 11.7 Å². The summed E-state index contributed by atoms with van der Waals surface area (Å²) in [6, 6.07) is 17.5. The van der Waals surface area contributed by atoms with E-state index in [1.165, 1.54) is 6.26 Å². The van der Waals surface area contributed by atoms with Crippen molar-refractivity contribution in [1.29, 1.82) is 0 Å². The second-order valence-electron chi connectivity index (χ2n) is 6.44. The molecule has 0 spiro atoms. The van der Waals surface area contributed by atoms with Gasteiger partial charge >= 0.3 is 0 Å². The Labute approximate surface area is 162 Å². The quantitative estimate of drug-likeness (QED) is 0.505. The number of nitrogens with one attached hydrogen (secondary N) is 1. The van der Waals surface area contributed by atoms with E-state index in [2.05, 4.69) is 10.3 Å². The third-order valence-electron chi connectivity index (χ3n) is 4.22. The first kappa shape index (κ1) is 18.1. The van der Waals surface area contributed by atoms with Crippen LogP contribution < -0.4 is 5.32 Å². The number of hydrogen-bond donors (Lipinski definition) is 1. The lowest BCUT2D eigenvalue weighted by atomic mass is 10.2. The molecule has 2 aromatic carbocycles. The van der Waals surface area contributed by atoms with E-state index in [1.54, 1.807) is 36.4 Å². The molecule has 0 aliphatic heterocycles. The molecule has 0 saturated heterocycles. The van der Waals surface area contributed by atoms with Gasteiger partial charge in [0, 0.05) is 5.69 Å². The molecule has 2 aromatic heterocycles. The first-order valence-electron chi connectivity index (χ1n) is 8.63. The summed E-state index contributed by atoms with van der Waals surface area (Å²) in [5.41, 5.74) is 2.74. The number of anilines is 2. The number of rotatable bonds is 5. The highest BCUT2D eigenvalue weighted by Gasteiger charge is 2.29. The monoisotopic (exact) mass is 394 g/mol. The first-order valence-corrected chi connectivity index (χ1v) is 10.1. The van der Waals surface area contributed by atoms with Crippen molar-refractivity contribution in [2.24, 2.45) is 0 Å². The fourth-order valence-electron chi connectivity index (χ4n) is 2.67. The van der Waals surface area contributed by atoms with Gasteiger partial charge in [-0.3, -0.25) is 0 Å². The lowest BCUT2D eigenvalue weighted by molar-refractivity contribution is 0.524. The Morgan fingerprint density at radius 1 is 0.893 bits per heavy atom. The zero-order valence-electron chi connectivity index (χ0n) is 15.3. The van der Waals surface area contributed by atoms with Crippen molar-refractivity contribution in [3.05, 3.63) is 78.1 Å². The van der Waals surface area contributed by atoms with Crippen LogP contribution in [-0.4, -0.2) is 13.4 Å². The van der Waals surface area contributed by atoms with Gasteiger partial charge in [-0.15, -0.1) is 0 Å². The summed E-state index contributed by atoms with van der Waals surface area (Å²) in [6.45, 7) is 3.87. The van der Waals surface area contributed by atoms with Gasteiger partial charge in [-0.05, 0) is 50.2 Å². The fraction of sp³-hybridized carbons (Fsp3) is 0.0952. The molecule has 0 unspecified atom stereocenters. The van der Waals surface area contributed by atoms with Crippen molar-refractivity contribution < 1.29 is 17.3 Å². The number of aromatic nitrogens is 1. The van der Waals surface area contributed by atoms with Crippen molar-refractivity contribution in [2.45, 2.75) is 23.8 Å². The molecular formula is C21H18N2O4S. The van der Waals surface area contributed by atoms with Gasteiger partial charge in [0.1, 0.15) is 0 Å². The van der Waals surface area contributed by atoms with E-state index in [1.807, 2.05) is 38.1 Å². The van der Waals surface area contributed by atoms with Crippen LogP contribution in [0.2, 0.25) is 0 Å². The van der Waals surface area contributed by atoms with Gasteiger partial charge in [0.25, 0.3) is 5.89 Å². The fourth-order valence-corrected chi connectivity index (χ4v) is 3.93. The summed E-state index contributed by atoms with van der Waals surface area (Å²) in [4.78, 5) is 4.37. The predicted molar refractivity (Wildman–Crippen MR) is 105 cm³/mol. The third-order valence-corrected chi connectivity index (χ3v) is 5.90. The van der Waals surface area contributed by atoms with Crippen molar-refractivity contribution >= 4 is 21.4 Å². The number of furan rings is 1. The molecule has 28 heavy (non-hydrogen) atoms. The van der Waals surface area contributed by atoms with Gasteiger partial charge < -0.3 is 14.2 Å². The van der Waals surface area contributed by atoms with Gasteiger partial charge in [0.05, 0.1) is 11.2 Å². The van der Waals surface area contributed by atoms with Crippen LogP contribution in [0.3, 0.4) is 0 Å². The van der Waals surface area contributed by atoms with Crippen LogP contribution in [0.1, 0.15) is 11.1 Å². The molecule has 7 heteroatoms. The van der Waals surface area contributed by atoms with Crippen molar-refractivity contribution in [3.8, 4) is 11.7 Å². The normalized spacial score (nSPS) is 11.5. The van der Waals surface area contributed by atoms with Gasteiger partial charge in [-0.1, -0.05) is 35.4 Å². The predicted octanol–water partition coefficient (Wildman–Crippen LogP) is 5.13. The molecular weight excluding hydrogens is 376 g/mol. The van der Waals surface area contributed by atoms with Crippen molar-refractivity contribution in [3.63, 3.8) is 0 Å². The van der Waals surface area contributed by atoms with E-state index in [0.717, 1.165) is 11.1 Å². The average Bonchev–Trinajstić information content (AvgIpc) is 3.34. The summed E-state index contributed by atoms with van der Waals surface area (Å²) in [5.74, 6) is 0.471. The smallest absolute Gasteiger partial charge is 0.266 e. The summed E-state index contributed by atoms with van der Waals surface area (Å²) >= 11 is 0. The Hall–Kier alpha value is -3.32. The Bertz CT molecular complexity index is 1190. The van der Waals surface area contributed by atoms with Crippen LogP contribution >= 0.6 is 0 Å². The molecule has 4 aromatic rings. The van der Waals surface area contributed by atoms with Crippen LogP contribution in [0.5, 0.6) is 0 Å². The summed E-state index contributed by atoms with van der Waals surface area (Å²) < 4.78 is 37.4. The van der Waals surface area contributed by atoms with Gasteiger partial charge in [-0.25, -0.2) is 8.42 Å². The number of aryl methyl sites for hydroxylation is 2. The van der Waals surface area contributed by atoms with Crippen LogP contribution in [0.4, 0.5) is 11.6 Å². The molecule has 0 aliphatic carbocycles. The van der Waals surface area contributed by atoms with Crippen LogP contribution in [0.15, 0.2) is 85.7 Å². The van der Waals surface area contributed by atoms with E-state index in [-0.39, 0.29) is 21.7 Å². The van der Waals surface area contributed by atoms with Gasteiger partial charge in [-0.2, -0.15) is 4.98 Å². The zero-order valence-corrected chi connectivity index (χ0v) is 16.2. The van der Waals surface area contributed by atoms with Crippen LogP contribution in [0, 0.1) is 13.8 Å². The number of nitrogens with zero attached hydrogens (tertiary/aromatic N) is 1. The van der Waals surface area contributed by atoms with Gasteiger partial charge in [0.2, 0.25) is 20.7 Å². The number of hydrogen-bond acceptors (Lipinski definition) is 6. The Kier molecular flexibility index (Phi) is 4.52. The maximum Gasteiger partial charge on any atom is 0.266 e. The molecule has 0 fully saturated rings. The summed E-state index contributed by atoms with van der Waals surface area (Å²) in [5, 5.41) is 2.83. The van der Waals surface area contributed by atoms with Crippen molar-refractivity contribution in [2.75, 3.05) is 5.32 Å². The molecule has 4 rings (SSSR count). The molecule has 0 radical (unpaired) electrons. The second kappa shape index (κ2) is 7.01. The minimum atomic E-state index is -3.89. The Balaban J connectivity index is 1.82. The molecule has 0 atom stereocenters. The standard InChI is InChI=1S/C21H18N2O4S/c1-14-5-9-16(10-6-14)22-20-21(23-19(27-20)18-4-3-13-26-18)28(24,25)17-11-7-15(2)8-12-17/h3-13,22H,1-2H3.